The molecule has 4 N–H and O–H groups in total. The van der Waals surface area contributed by atoms with Gasteiger partial charge in [-0.05, 0) is 39.3 Å². The van der Waals surface area contributed by atoms with Crippen LogP contribution in [-0.2, 0) is 8.85 Å². The maximum absolute atomic E-state index is 5.87. The lowest BCUT2D eigenvalue weighted by molar-refractivity contribution is 0.212. The van der Waals surface area contributed by atoms with Crippen LogP contribution in [0.2, 0.25) is 6.04 Å². The topological polar surface area (TPSA) is 70.5 Å². The lowest BCUT2D eigenvalue weighted by atomic mass is 10.1. The van der Waals surface area contributed by atoms with Crippen molar-refractivity contribution < 1.29 is 8.85 Å². The van der Waals surface area contributed by atoms with Crippen LogP contribution in [0.3, 0.4) is 0 Å². The molecular formula is C10H26N2O2Si. The van der Waals surface area contributed by atoms with Crippen molar-refractivity contribution in [1.82, 2.24) is 0 Å². The molecule has 0 fully saturated rings. The van der Waals surface area contributed by atoms with E-state index < -0.39 is 9.28 Å². The van der Waals surface area contributed by atoms with Gasteiger partial charge >= 0.3 is 9.28 Å². The van der Waals surface area contributed by atoms with E-state index in [4.69, 9.17) is 20.3 Å². The second-order valence-corrected chi connectivity index (χ2v) is 5.71. The van der Waals surface area contributed by atoms with E-state index in [1.807, 2.05) is 13.8 Å². The molecule has 0 saturated carbocycles. The number of hydrogen-bond donors (Lipinski definition) is 2. The van der Waals surface area contributed by atoms with Gasteiger partial charge in [0.25, 0.3) is 0 Å². The highest BCUT2D eigenvalue weighted by molar-refractivity contribution is 6.44. The van der Waals surface area contributed by atoms with Gasteiger partial charge in [0.1, 0.15) is 0 Å². The second-order valence-electron chi connectivity index (χ2n) is 3.61. The van der Waals surface area contributed by atoms with E-state index in [9.17, 15) is 0 Å². The maximum atomic E-state index is 5.87. The number of nitrogens with two attached hydrogens (primary N) is 2. The average Bonchev–Trinajstić information content (AvgIpc) is 2.19. The molecule has 5 heteroatoms. The molecule has 0 aromatic rings. The summed E-state index contributed by atoms with van der Waals surface area (Å²) >= 11 is 0. The Morgan fingerprint density at radius 3 is 2.20 bits per heavy atom. The van der Waals surface area contributed by atoms with E-state index >= 15 is 0 Å². The van der Waals surface area contributed by atoms with Crippen molar-refractivity contribution in [2.75, 3.05) is 19.8 Å². The molecule has 0 aliphatic carbocycles. The summed E-state index contributed by atoms with van der Waals surface area (Å²) in [4.78, 5) is 0. The Morgan fingerprint density at radius 1 is 1.13 bits per heavy atom. The molecule has 0 saturated heterocycles. The fourth-order valence-corrected chi connectivity index (χ4v) is 3.23. The molecule has 0 aromatic heterocycles. The summed E-state index contributed by atoms with van der Waals surface area (Å²) in [6, 6.07) is 1.30. The summed E-state index contributed by atoms with van der Waals surface area (Å²) < 4.78 is 11.2. The fraction of sp³-hybridized carbons (Fsp3) is 1.00. The van der Waals surface area contributed by atoms with Crippen molar-refractivity contribution in [3.63, 3.8) is 0 Å². The highest BCUT2D eigenvalue weighted by Crippen LogP contribution is 2.07. The summed E-state index contributed by atoms with van der Waals surface area (Å²) in [5.41, 5.74) is 11.3. The molecule has 1 unspecified atom stereocenters. The Hall–Kier alpha value is 0.0569. The first-order valence-corrected chi connectivity index (χ1v) is 7.69. The molecule has 92 valence electrons. The van der Waals surface area contributed by atoms with Gasteiger partial charge in [0.05, 0.1) is 0 Å². The van der Waals surface area contributed by atoms with Crippen molar-refractivity contribution in [2.45, 2.75) is 45.2 Å². The summed E-state index contributed by atoms with van der Waals surface area (Å²) in [5.74, 6) is 0. The molecule has 0 radical (unpaired) electrons. The quantitative estimate of drug-likeness (QED) is 0.547. The van der Waals surface area contributed by atoms with E-state index in [0.29, 0.717) is 6.54 Å². The van der Waals surface area contributed by atoms with Gasteiger partial charge in [0.2, 0.25) is 0 Å². The van der Waals surface area contributed by atoms with Crippen LogP contribution in [0.5, 0.6) is 0 Å². The Kier molecular flexibility index (Phi) is 10.6. The van der Waals surface area contributed by atoms with Gasteiger partial charge in [0.15, 0.2) is 0 Å². The average molecular weight is 234 g/mol. The Labute approximate surface area is 95.2 Å². The summed E-state index contributed by atoms with van der Waals surface area (Å²) in [5, 5.41) is 0. The smallest absolute Gasteiger partial charge is 0.321 e. The monoisotopic (exact) mass is 234 g/mol. The van der Waals surface area contributed by atoms with Crippen molar-refractivity contribution >= 4 is 9.28 Å². The Balaban J connectivity index is 3.51. The van der Waals surface area contributed by atoms with Crippen molar-refractivity contribution in [3.05, 3.63) is 0 Å². The number of hydrogen-bond acceptors (Lipinski definition) is 4. The first-order valence-electron chi connectivity index (χ1n) is 5.93. The van der Waals surface area contributed by atoms with Gasteiger partial charge in [-0.2, -0.15) is 0 Å². The Bertz CT molecular complexity index is 133. The van der Waals surface area contributed by atoms with E-state index in [1.54, 1.807) is 0 Å². The number of rotatable bonds is 10. The lowest BCUT2D eigenvalue weighted by Crippen LogP contribution is -2.26. The zero-order chi connectivity index (χ0) is 11.5. The minimum Gasteiger partial charge on any atom is -0.397 e. The third-order valence-corrected chi connectivity index (χ3v) is 4.55. The molecule has 0 amide bonds. The highest BCUT2D eigenvalue weighted by atomic mass is 28.3. The first kappa shape index (κ1) is 15.1. The molecule has 0 aromatic carbocycles. The van der Waals surface area contributed by atoms with Crippen LogP contribution in [0.15, 0.2) is 0 Å². The zero-order valence-corrected chi connectivity index (χ0v) is 11.2. The van der Waals surface area contributed by atoms with Crippen LogP contribution >= 0.6 is 0 Å². The van der Waals surface area contributed by atoms with Crippen LogP contribution in [0.25, 0.3) is 0 Å². The second kappa shape index (κ2) is 10.6. The molecule has 0 heterocycles. The van der Waals surface area contributed by atoms with E-state index in [-0.39, 0.29) is 6.04 Å². The fourth-order valence-electron chi connectivity index (χ4n) is 1.49. The molecule has 0 spiro atoms. The largest absolute Gasteiger partial charge is 0.397 e. The first-order chi connectivity index (χ1) is 7.24. The van der Waals surface area contributed by atoms with Crippen LogP contribution in [0.4, 0.5) is 0 Å². The van der Waals surface area contributed by atoms with Crippen LogP contribution in [-0.4, -0.2) is 35.1 Å². The molecule has 0 rings (SSSR count). The van der Waals surface area contributed by atoms with Crippen LogP contribution in [0, 0.1) is 0 Å². The molecule has 0 aliphatic rings. The predicted molar refractivity (Wildman–Crippen MR) is 66.1 cm³/mol. The highest BCUT2D eigenvalue weighted by Gasteiger charge is 2.12. The molecular weight excluding hydrogens is 208 g/mol. The van der Waals surface area contributed by atoms with Gasteiger partial charge in [-0.15, -0.1) is 0 Å². The molecule has 1 atom stereocenters. The lowest BCUT2D eigenvalue weighted by Gasteiger charge is -2.15. The van der Waals surface area contributed by atoms with Gasteiger partial charge in [0, 0.05) is 19.3 Å². The van der Waals surface area contributed by atoms with Crippen molar-refractivity contribution in [2.24, 2.45) is 11.5 Å². The van der Waals surface area contributed by atoms with E-state index in [2.05, 4.69) is 0 Å². The van der Waals surface area contributed by atoms with Crippen molar-refractivity contribution in [3.8, 4) is 0 Å². The van der Waals surface area contributed by atoms with Gasteiger partial charge in [-0.25, -0.2) is 0 Å². The van der Waals surface area contributed by atoms with E-state index in [1.165, 1.54) is 0 Å². The molecule has 0 aliphatic heterocycles. The third kappa shape index (κ3) is 9.01. The van der Waals surface area contributed by atoms with Crippen LogP contribution < -0.4 is 11.5 Å². The van der Waals surface area contributed by atoms with E-state index in [0.717, 1.165) is 38.5 Å². The van der Waals surface area contributed by atoms with Crippen molar-refractivity contribution in [1.29, 1.82) is 0 Å². The Morgan fingerprint density at radius 2 is 1.73 bits per heavy atom. The maximum Gasteiger partial charge on any atom is 0.321 e. The zero-order valence-electron chi connectivity index (χ0n) is 10.1. The molecule has 4 nitrogen and oxygen atoms in total. The minimum absolute atomic E-state index is 0.243. The molecule has 15 heavy (non-hydrogen) atoms. The normalized spacial score (nSPS) is 13.4. The SMILES string of the molecule is CCO[SiH](CCCC(N)CCN)OCC. The van der Waals surface area contributed by atoms with Crippen LogP contribution in [0.1, 0.15) is 33.1 Å². The van der Waals surface area contributed by atoms with Gasteiger partial charge < -0.3 is 20.3 Å². The minimum atomic E-state index is -1.40. The summed E-state index contributed by atoms with van der Waals surface area (Å²) in [6.45, 7) is 6.22. The summed E-state index contributed by atoms with van der Waals surface area (Å²) in [7, 11) is -1.40. The van der Waals surface area contributed by atoms with Gasteiger partial charge in [-0.3, -0.25) is 0 Å². The summed E-state index contributed by atoms with van der Waals surface area (Å²) in [6.07, 6.45) is 3.04. The third-order valence-electron chi connectivity index (χ3n) is 2.26. The predicted octanol–water partition coefficient (Wildman–Crippen LogP) is 0.736. The molecule has 0 bridgehead atoms. The standard InChI is InChI=1S/C10H26N2O2Si/c1-3-13-15(14-4-2)9-5-6-10(12)7-8-11/h10,15H,3-9,11-12H2,1-2H3. The van der Waals surface area contributed by atoms with Gasteiger partial charge in [-0.1, -0.05) is 6.42 Å².